The lowest BCUT2D eigenvalue weighted by atomic mass is 10.1. The molecule has 2 aromatic rings. The van der Waals surface area contributed by atoms with Gasteiger partial charge >= 0.3 is 0 Å². The SMILES string of the molecule is COc1ccc(OC)c(NC(=O)CN(Cc2cccc(C)c2)C(C)=O)c1. The first kappa shape index (κ1) is 19.3. The Kier molecular flexibility index (Phi) is 6.60. The molecule has 0 aromatic heterocycles. The Balaban J connectivity index is 2.09. The van der Waals surface area contributed by atoms with E-state index in [4.69, 9.17) is 9.47 Å². The van der Waals surface area contributed by atoms with Crippen molar-refractivity contribution in [3.05, 3.63) is 53.6 Å². The third kappa shape index (κ3) is 5.24. The molecule has 6 heteroatoms. The first-order valence-corrected chi connectivity index (χ1v) is 8.26. The topological polar surface area (TPSA) is 67.9 Å². The van der Waals surface area contributed by atoms with E-state index >= 15 is 0 Å². The van der Waals surface area contributed by atoms with Crippen LogP contribution in [0.3, 0.4) is 0 Å². The zero-order chi connectivity index (χ0) is 19.1. The van der Waals surface area contributed by atoms with E-state index in [1.807, 2.05) is 31.2 Å². The van der Waals surface area contributed by atoms with Crippen LogP contribution in [0.4, 0.5) is 5.69 Å². The van der Waals surface area contributed by atoms with Crippen LogP contribution in [0.5, 0.6) is 11.5 Å². The molecule has 0 aliphatic rings. The van der Waals surface area contributed by atoms with E-state index in [0.29, 0.717) is 23.7 Å². The minimum absolute atomic E-state index is 0.0519. The Morgan fingerprint density at radius 3 is 2.46 bits per heavy atom. The Hall–Kier alpha value is -3.02. The summed E-state index contributed by atoms with van der Waals surface area (Å²) in [4.78, 5) is 25.9. The Labute approximate surface area is 153 Å². The summed E-state index contributed by atoms with van der Waals surface area (Å²) in [6.45, 7) is 3.77. The van der Waals surface area contributed by atoms with Gasteiger partial charge in [-0.15, -0.1) is 0 Å². The summed E-state index contributed by atoms with van der Waals surface area (Å²) < 4.78 is 10.4. The van der Waals surface area contributed by atoms with Gasteiger partial charge in [-0.25, -0.2) is 0 Å². The van der Waals surface area contributed by atoms with Crippen LogP contribution in [0, 0.1) is 6.92 Å². The highest BCUT2D eigenvalue weighted by molar-refractivity contribution is 5.95. The van der Waals surface area contributed by atoms with Crippen molar-refractivity contribution in [1.29, 1.82) is 0 Å². The zero-order valence-corrected chi connectivity index (χ0v) is 15.5. The molecule has 0 heterocycles. The molecule has 26 heavy (non-hydrogen) atoms. The minimum Gasteiger partial charge on any atom is -0.497 e. The fraction of sp³-hybridized carbons (Fsp3) is 0.300. The second-order valence-corrected chi connectivity index (χ2v) is 5.98. The van der Waals surface area contributed by atoms with E-state index in [9.17, 15) is 9.59 Å². The number of amides is 2. The molecule has 2 amide bonds. The first-order valence-electron chi connectivity index (χ1n) is 8.26. The van der Waals surface area contributed by atoms with Crippen molar-refractivity contribution in [3.8, 4) is 11.5 Å². The monoisotopic (exact) mass is 356 g/mol. The van der Waals surface area contributed by atoms with Crippen molar-refractivity contribution in [2.75, 3.05) is 26.1 Å². The molecule has 0 unspecified atom stereocenters. The molecular formula is C20H24N2O4. The van der Waals surface area contributed by atoms with Gasteiger partial charge in [-0.1, -0.05) is 29.8 Å². The molecule has 0 fully saturated rings. The van der Waals surface area contributed by atoms with Gasteiger partial charge in [0.1, 0.15) is 18.0 Å². The average Bonchev–Trinajstić information content (AvgIpc) is 2.61. The van der Waals surface area contributed by atoms with E-state index in [0.717, 1.165) is 11.1 Å². The van der Waals surface area contributed by atoms with Crippen molar-refractivity contribution >= 4 is 17.5 Å². The molecule has 0 aliphatic heterocycles. The highest BCUT2D eigenvalue weighted by Crippen LogP contribution is 2.28. The van der Waals surface area contributed by atoms with Crippen LogP contribution in [0.25, 0.3) is 0 Å². The summed E-state index contributed by atoms with van der Waals surface area (Å²) in [6, 6.07) is 13.0. The van der Waals surface area contributed by atoms with Crippen LogP contribution in [-0.2, 0) is 16.1 Å². The van der Waals surface area contributed by atoms with E-state index in [1.165, 1.54) is 18.9 Å². The van der Waals surface area contributed by atoms with Gasteiger partial charge in [-0.05, 0) is 24.6 Å². The molecule has 0 bridgehead atoms. The maximum atomic E-state index is 12.5. The number of aryl methyl sites for hydroxylation is 1. The molecule has 6 nitrogen and oxygen atoms in total. The minimum atomic E-state index is -0.306. The molecule has 0 aliphatic carbocycles. The number of benzene rings is 2. The predicted octanol–water partition coefficient (Wildman–Crippen LogP) is 3.00. The van der Waals surface area contributed by atoms with Gasteiger partial charge in [0.2, 0.25) is 11.8 Å². The molecular weight excluding hydrogens is 332 g/mol. The van der Waals surface area contributed by atoms with Crippen LogP contribution in [0.2, 0.25) is 0 Å². The van der Waals surface area contributed by atoms with Crippen LogP contribution in [0.1, 0.15) is 18.1 Å². The van der Waals surface area contributed by atoms with Gasteiger partial charge in [0.15, 0.2) is 0 Å². The maximum Gasteiger partial charge on any atom is 0.244 e. The average molecular weight is 356 g/mol. The molecule has 0 atom stereocenters. The van der Waals surface area contributed by atoms with Crippen LogP contribution in [-0.4, -0.2) is 37.5 Å². The van der Waals surface area contributed by atoms with Gasteiger partial charge in [0.25, 0.3) is 0 Å². The zero-order valence-electron chi connectivity index (χ0n) is 15.5. The maximum absolute atomic E-state index is 12.5. The normalized spacial score (nSPS) is 10.2. The molecule has 1 N–H and O–H groups in total. The third-order valence-electron chi connectivity index (χ3n) is 3.92. The van der Waals surface area contributed by atoms with Crippen LogP contribution in [0.15, 0.2) is 42.5 Å². The van der Waals surface area contributed by atoms with Crippen molar-refractivity contribution in [1.82, 2.24) is 4.90 Å². The summed E-state index contributed by atoms with van der Waals surface area (Å²) in [7, 11) is 3.07. The molecule has 2 aromatic carbocycles. The quantitative estimate of drug-likeness (QED) is 0.828. The van der Waals surface area contributed by atoms with Crippen molar-refractivity contribution < 1.29 is 19.1 Å². The van der Waals surface area contributed by atoms with Crippen molar-refractivity contribution in [2.24, 2.45) is 0 Å². The number of hydrogen-bond acceptors (Lipinski definition) is 4. The molecule has 0 saturated heterocycles. The summed E-state index contributed by atoms with van der Waals surface area (Å²) in [5.74, 6) is 0.648. The number of anilines is 1. The van der Waals surface area contributed by atoms with Gasteiger partial charge in [0, 0.05) is 19.5 Å². The van der Waals surface area contributed by atoms with E-state index in [1.54, 1.807) is 25.3 Å². The van der Waals surface area contributed by atoms with Crippen LogP contribution < -0.4 is 14.8 Å². The highest BCUT2D eigenvalue weighted by atomic mass is 16.5. The second kappa shape index (κ2) is 8.89. The lowest BCUT2D eigenvalue weighted by Gasteiger charge is -2.21. The summed E-state index contributed by atoms with van der Waals surface area (Å²) in [5.41, 5.74) is 2.58. The Morgan fingerprint density at radius 1 is 1.08 bits per heavy atom. The summed E-state index contributed by atoms with van der Waals surface area (Å²) >= 11 is 0. The highest BCUT2D eigenvalue weighted by Gasteiger charge is 2.16. The fourth-order valence-electron chi connectivity index (χ4n) is 2.58. The Bertz CT molecular complexity index is 789. The molecule has 0 radical (unpaired) electrons. The lowest BCUT2D eigenvalue weighted by molar-refractivity contribution is -0.133. The van der Waals surface area contributed by atoms with E-state index < -0.39 is 0 Å². The number of nitrogens with one attached hydrogen (secondary N) is 1. The van der Waals surface area contributed by atoms with Crippen molar-refractivity contribution in [2.45, 2.75) is 20.4 Å². The number of hydrogen-bond donors (Lipinski definition) is 1. The second-order valence-electron chi connectivity index (χ2n) is 5.98. The fourth-order valence-corrected chi connectivity index (χ4v) is 2.58. The molecule has 0 saturated carbocycles. The standard InChI is InChI=1S/C20H24N2O4/c1-14-6-5-7-16(10-14)12-22(15(2)23)13-20(24)21-18-11-17(25-3)8-9-19(18)26-4/h5-11H,12-13H2,1-4H3,(H,21,24). The third-order valence-corrected chi connectivity index (χ3v) is 3.92. The summed E-state index contributed by atoms with van der Waals surface area (Å²) in [5, 5.41) is 2.78. The van der Waals surface area contributed by atoms with Gasteiger partial charge in [0.05, 0.1) is 19.9 Å². The van der Waals surface area contributed by atoms with Gasteiger partial charge in [-0.2, -0.15) is 0 Å². The molecule has 2 rings (SSSR count). The number of rotatable bonds is 7. The van der Waals surface area contributed by atoms with E-state index in [2.05, 4.69) is 5.32 Å². The summed E-state index contributed by atoms with van der Waals surface area (Å²) in [6.07, 6.45) is 0. The number of carbonyl (C=O) groups is 2. The van der Waals surface area contributed by atoms with Crippen molar-refractivity contribution in [3.63, 3.8) is 0 Å². The van der Waals surface area contributed by atoms with Crippen LogP contribution >= 0.6 is 0 Å². The van der Waals surface area contributed by atoms with E-state index in [-0.39, 0.29) is 18.4 Å². The lowest BCUT2D eigenvalue weighted by Crippen LogP contribution is -2.36. The van der Waals surface area contributed by atoms with Gasteiger partial charge in [-0.3, -0.25) is 9.59 Å². The number of nitrogens with zero attached hydrogens (tertiary/aromatic N) is 1. The number of carbonyl (C=O) groups excluding carboxylic acids is 2. The molecule has 138 valence electrons. The predicted molar refractivity (Wildman–Crippen MR) is 100 cm³/mol. The van der Waals surface area contributed by atoms with Gasteiger partial charge < -0.3 is 19.7 Å². The smallest absolute Gasteiger partial charge is 0.244 e. The Morgan fingerprint density at radius 2 is 1.85 bits per heavy atom. The number of methoxy groups -OCH3 is 2. The molecule has 0 spiro atoms. The number of ether oxygens (including phenoxy) is 2. The first-order chi connectivity index (χ1) is 12.4. The largest absolute Gasteiger partial charge is 0.497 e.